The lowest BCUT2D eigenvalue weighted by Crippen LogP contribution is -2.23. The Bertz CT molecular complexity index is 336. The fourth-order valence-electron chi connectivity index (χ4n) is 2.54. The van der Waals surface area contributed by atoms with Gasteiger partial charge < -0.3 is 4.74 Å². The van der Waals surface area contributed by atoms with E-state index in [2.05, 4.69) is 6.92 Å². The number of rotatable bonds is 12. The molecule has 0 unspecified atom stereocenters. The van der Waals surface area contributed by atoms with Gasteiger partial charge in [0.1, 0.15) is 11.6 Å². The Hall–Kier alpha value is -1.19. The normalized spacial score (nSPS) is 13.5. The SMILES string of the molecule is CCCCC[C@H](CC(=O)C[C@@H](CCC)C(C)=O)C(=O)OC. The molecular formula is C17H30O4. The highest BCUT2D eigenvalue weighted by Gasteiger charge is 2.25. The zero-order valence-corrected chi connectivity index (χ0v) is 13.9. The topological polar surface area (TPSA) is 60.4 Å². The molecule has 122 valence electrons. The second-order valence-electron chi connectivity index (χ2n) is 5.76. The molecule has 0 aromatic heterocycles. The minimum atomic E-state index is -0.358. The second kappa shape index (κ2) is 11.5. The molecule has 0 aliphatic carbocycles. The molecule has 0 spiro atoms. The summed E-state index contributed by atoms with van der Waals surface area (Å²) in [6.45, 7) is 5.63. The molecule has 4 heteroatoms. The van der Waals surface area contributed by atoms with Crippen LogP contribution in [0, 0.1) is 11.8 Å². The van der Waals surface area contributed by atoms with Crippen LogP contribution in [0.2, 0.25) is 0 Å². The Morgan fingerprint density at radius 1 is 0.905 bits per heavy atom. The molecule has 4 nitrogen and oxygen atoms in total. The van der Waals surface area contributed by atoms with E-state index >= 15 is 0 Å². The maximum Gasteiger partial charge on any atom is 0.309 e. The molecule has 0 radical (unpaired) electrons. The maximum absolute atomic E-state index is 12.1. The number of unbranched alkanes of at least 4 members (excludes halogenated alkanes) is 2. The van der Waals surface area contributed by atoms with Gasteiger partial charge in [0, 0.05) is 18.8 Å². The number of hydrogen-bond acceptors (Lipinski definition) is 4. The fraction of sp³-hybridized carbons (Fsp3) is 0.824. The Morgan fingerprint density at radius 2 is 1.52 bits per heavy atom. The number of carbonyl (C=O) groups excluding carboxylic acids is 3. The third-order valence-electron chi connectivity index (χ3n) is 3.85. The summed E-state index contributed by atoms with van der Waals surface area (Å²) in [7, 11) is 1.36. The van der Waals surface area contributed by atoms with Gasteiger partial charge in [0.15, 0.2) is 0 Å². The van der Waals surface area contributed by atoms with E-state index in [4.69, 9.17) is 4.74 Å². The number of ketones is 2. The highest BCUT2D eigenvalue weighted by Crippen LogP contribution is 2.20. The van der Waals surface area contributed by atoms with Gasteiger partial charge in [0.25, 0.3) is 0 Å². The Kier molecular flexibility index (Phi) is 10.8. The van der Waals surface area contributed by atoms with Crippen LogP contribution in [0.3, 0.4) is 0 Å². The van der Waals surface area contributed by atoms with Crippen molar-refractivity contribution < 1.29 is 19.1 Å². The van der Waals surface area contributed by atoms with E-state index in [9.17, 15) is 14.4 Å². The molecule has 0 rings (SSSR count). The molecule has 0 saturated heterocycles. The number of hydrogen-bond donors (Lipinski definition) is 0. The van der Waals surface area contributed by atoms with E-state index in [0.717, 1.165) is 32.1 Å². The number of carbonyl (C=O) groups is 3. The van der Waals surface area contributed by atoms with Gasteiger partial charge in [-0.05, 0) is 19.8 Å². The van der Waals surface area contributed by atoms with Crippen molar-refractivity contribution in [2.24, 2.45) is 11.8 Å². The molecule has 0 bridgehead atoms. The van der Waals surface area contributed by atoms with Crippen LogP contribution < -0.4 is 0 Å². The van der Waals surface area contributed by atoms with Gasteiger partial charge in [0.2, 0.25) is 0 Å². The van der Waals surface area contributed by atoms with Crippen molar-refractivity contribution in [3.63, 3.8) is 0 Å². The van der Waals surface area contributed by atoms with Crippen LogP contribution in [-0.4, -0.2) is 24.6 Å². The van der Waals surface area contributed by atoms with E-state index < -0.39 is 0 Å². The van der Waals surface area contributed by atoms with Crippen LogP contribution in [0.4, 0.5) is 0 Å². The molecule has 0 amide bonds. The van der Waals surface area contributed by atoms with Crippen LogP contribution in [0.15, 0.2) is 0 Å². The summed E-state index contributed by atoms with van der Waals surface area (Å²) in [6.07, 6.45) is 5.81. The first-order valence-corrected chi connectivity index (χ1v) is 8.06. The third-order valence-corrected chi connectivity index (χ3v) is 3.85. The number of esters is 1. The van der Waals surface area contributed by atoms with Crippen molar-refractivity contribution in [1.82, 2.24) is 0 Å². The first-order valence-electron chi connectivity index (χ1n) is 8.06. The van der Waals surface area contributed by atoms with Gasteiger partial charge in [-0.2, -0.15) is 0 Å². The maximum atomic E-state index is 12.1. The van der Waals surface area contributed by atoms with E-state index in [0.29, 0.717) is 6.42 Å². The first kappa shape index (κ1) is 19.8. The van der Waals surface area contributed by atoms with E-state index in [1.807, 2.05) is 6.92 Å². The largest absolute Gasteiger partial charge is 0.469 e. The minimum Gasteiger partial charge on any atom is -0.469 e. The number of ether oxygens (including phenoxy) is 1. The molecule has 0 aromatic carbocycles. The molecule has 0 saturated carbocycles. The molecule has 0 aromatic rings. The van der Waals surface area contributed by atoms with Crippen molar-refractivity contribution in [3.05, 3.63) is 0 Å². The molecule has 21 heavy (non-hydrogen) atoms. The zero-order chi connectivity index (χ0) is 16.3. The van der Waals surface area contributed by atoms with Crippen molar-refractivity contribution in [3.8, 4) is 0 Å². The van der Waals surface area contributed by atoms with Gasteiger partial charge >= 0.3 is 5.97 Å². The average Bonchev–Trinajstić information content (AvgIpc) is 2.45. The Morgan fingerprint density at radius 3 is 2.00 bits per heavy atom. The lowest BCUT2D eigenvalue weighted by Gasteiger charge is -2.16. The Balaban J connectivity index is 4.49. The summed E-state index contributed by atoms with van der Waals surface area (Å²) in [5.41, 5.74) is 0. The summed E-state index contributed by atoms with van der Waals surface area (Å²) in [5, 5.41) is 0. The molecule has 0 aliphatic rings. The smallest absolute Gasteiger partial charge is 0.309 e. The van der Waals surface area contributed by atoms with Crippen molar-refractivity contribution >= 4 is 17.5 Å². The second-order valence-corrected chi connectivity index (χ2v) is 5.76. The summed E-state index contributed by atoms with van der Waals surface area (Å²) < 4.78 is 4.79. The van der Waals surface area contributed by atoms with Gasteiger partial charge in [-0.3, -0.25) is 14.4 Å². The van der Waals surface area contributed by atoms with Crippen LogP contribution in [0.5, 0.6) is 0 Å². The van der Waals surface area contributed by atoms with Crippen molar-refractivity contribution in [2.45, 2.75) is 72.1 Å². The highest BCUT2D eigenvalue weighted by atomic mass is 16.5. The summed E-state index contributed by atoms with van der Waals surface area (Å²) in [5.74, 6) is -0.810. The van der Waals surface area contributed by atoms with Gasteiger partial charge in [-0.25, -0.2) is 0 Å². The monoisotopic (exact) mass is 298 g/mol. The molecular weight excluding hydrogens is 268 g/mol. The van der Waals surface area contributed by atoms with Crippen LogP contribution in [-0.2, 0) is 19.1 Å². The standard InChI is InChI=1S/C17H30O4/c1-5-7-8-10-15(17(20)21-4)12-16(19)11-14(9-6-2)13(3)18/h14-15H,5-12H2,1-4H3/t14-,15-/m1/s1. The third kappa shape index (κ3) is 8.64. The molecule has 0 aliphatic heterocycles. The molecule has 0 N–H and O–H groups in total. The molecule has 0 fully saturated rings. The highest BCUT2D eigenvalue weighted by molar-refractivity contribution is 5.89. The van der Waals surface area contributed by atoms with E-state index in [1.165, 1.54) is 14.0 Å². The van der Waals surface area contributed by atoms with Crippen LogP contribution >= 0.6 is 0 Å². The van der Waals surface area contributed by atoms with Gasteiger partial charge in [-0.1, -0.05) is 39.5 Å². The number of methoxy groups -OCH3 is 1. The Labute approximate surface area is 128 Å². The minimum absolute atomic E-state index is 0.00412. The van der Waals surface area contributed by atoms with Crippen molar-refractivity contribution in [1.29, 1.82) is 0 Å². The zero-order valence-electron chi connectivity index (χ0n) is 13.9. The van der Waals surface area contributed by atoms with E-state index in [1.54, 1.807) is 0 Å². The predicted octanol–water partition coefficient (Wildman–Crippen LogP) is 3.71. The quantitative estimate of drug-likeness (QED) is 0.407. The summed E-state index contributed by atoms with van der Waals surface area (Å²) in [6, 6.07) is 0. The van der Waals surface area contributed by atoms with Crippen molar-refractivity contribution in [2.75, 3.05) is 7.11 Å². The fourth-order valence-corrected chi connectivity index (χ4v) is 2.54. The molecule has 2 atom stereocenters. The summed E-state index contributed by atoms with van der Waals surface area (Å²) in [4.78, 5) is 35.4. The predicted molar refractivity (Wildman–Crippen MR) is 83.0 cm³/mol. The lowest BCUT2D eigenvalue weighted by molar-refractivity contribution is -0.147. The lowest BCUT2D eigenvalue weighted by atomic mass is 9.88. The summed E-state index contributed by atoms with van der Waals surface area (Å²) >= 11 is 0. The number of Topliss-reactive ketones (excluding diaryl/α,β-unsaturated/α-hetero) is 2. The van der Waals surface area contributed by atoms with Gasteiger partial charge in [0.05, 0.1) is 13.0 Å². The van der Waals surface area contributed by atoms with E-state index in [-0.39, 0.29) is 42.2 Å². The van der Waals surface area contributed by atoms with Crippen LogP contribution in [0.25, 0.3) is 0 Å². The molecule has 0 heterocycles. The van der Waals surface area contributed by atoms with Crippen LogP contribution in [0.1, 0.15) is 72.1 Å². The van der Waals surface area contributed by atoms with Gasteiger partial charge in [-0.15, -0.1) is 0 Å². The average molecular weight is 298 g/mol. The first-order chi connectivity index (χ1) is 9.96.